The zero-order valence-electron chi connectivity index (χ0n) is 6.88. The summed E-state index contributed by atoms with van der Waals surface area (Å²) in [7, 11) is 1.43. The van der Waals surface area contributed by atoms with Gasteiger partial charge in [0.05, 0.1) is 12.7 Å². The first-order valence-corrected chi connectivity index (χ1v) is 3.84. The van der Waals surface area contributed by atoms with Crippen LogP contribution in [0.15, 0.2) is 0 Å². The van der Waals surface area contributed by atoms with Gasteiger partial charge in [0.15, 0.2) is 6.29 Å². The van der Waals surface area contributed by atoms with E-state index < -0.39 is 24.6 Å². The maximum Gasteiger partial charge on any atom is 0.157 e. The van der Waals surface area contributed by atoms with Crippen LogP contribution in [0.3, 0.4) is 0 Å². The molecule has 72 valence electrons. The van der Waals surface area contributed by atoms with Crippen LogP contribution in [-0.2, 0) is 9.47 Å². The van der Waals surface area contributed by atoms with E-state index in [4.69, 9.17) is 19.7 Å². The fourth-order valence-electron chi connectivity index (χ4n) is 1.38. The van der Waals surface area contributed by atoms with Crippen molar-refractivity contribution in [1.82, 2.24) is 0 Å². The highest BCUT2D eigenvalue weighted by molar-refractivity contribution is 4.82. The number of rotatable bonds is 2. The molecular formula is C7H14O5. The summed E-state index contributed by atoms with van der Waals surface area (Å²) in [6, 6.07) is 0. The molecule has 0 aromatic heterocycles. The first-order chi connectivity index (χ1) is 5.69. The van der Waals surface area contributed by atoms with Gasteiger partial charge < -0.3 is 24.8 Å². The average Bonchev–Trinajstić information content (AvgIpc) is 2.03. The molecule has 4 unspecified atom stereocenters. The van der Waals surface area contributed by atoms with Crippen LogP contribution in [0.4, 0.5) is 0 Å². The van der Waals surface area contributed by atoms with Crippen LogP contribution in [0, 0.1) is 0 Å². The summed E-state index contributed by atoms with van der Waals surface area (Å²) in [5.41, 5.74) is 0. The summed E-state index contributed by atoms with van der Waals surface area (Å²) in [6.07, 6.45) is -2.87. The zero-order valence-corrected chi connectivity index (χ0v) is 6.88. The summed E-state index contributed by atoms with van der Waals surface area (Å²) in [4.78, 5) is 0. The summed E-state index contributed by atoms with van der Waals surface area (Å²) in [5, 5.41) is 27.2. The Labute approximate surface area is 70.5 Å². The van der Waals surface area contributed by atoms with Crippen molar-refractivity contribution in [3.63, 3.8) is 0 Å². The second-order valence-corrected chi connectivity index (χ2v) is 2.82. The van der Waals surface area contributed by atoms with E-state index >= 15 is 0 Å². The van der Waals surface area contributed by atoms with Crippen molar-refractivity contribution in [2.45, 2.75) is 31.0 Å². The molecule has 0 amide bonds. The van der Waals surface area contributed by atoms with Crippen LogP contribution in [0.25, 0.3) is 0 Å². The largest absolute Gasteiger partial charge is 0.394 e. The fourth-order valence-corrected chi connectivity index (χ4v) is 1.38. The van der Waals surface area contributed by atoms with Crippen molar-refractivity contribution in [2.24, 2.45) is 0 Å². The third kappa shape index (κ3) is 1.94. The molecule has 1 aliphatic heterocycles. The predicted octanol–water partition coefficient (Wildman–Crippen LogP) is -1.54. The molecule has 12 heavy (non-hydrogen) atoms. The van der Waals surface area contributed by atoms with Gasteiger partial charge in [0.25, 0.3) is 0 Å². The van der Waals surface area contributed by atoms with Gasteiger partial charge in [-0.05, 0) is 0 Å². The first kappa shape index (κ1) is 9.88. The number of methoxy groups -OCH3 is 1. The van der Waals surface area contributed by atoms with Crippen molar-refractivity contribution >= 4 is 0 Å². The van der Waals surface area contributed by atoms with Gasteiger partial charge in [-0.15, -0.1) is 0 Å². The second-order valence-electron chi connectivity index (χ2n) is 2.82. The van der Waals surface area contributed by atoms with E-state index in [0.717, 1.165) is 0 Å². The standard InChI is InChI=1S/C7H14O5/c1-11-7-4(9)2-6(10)12-5(7)3-8/h4-10H,2-3H2,1H3. The number of aliphatic hydroxyl groups excluding tert-OH is 3. The molecule has 3 N–H and O–H groups in total. The summed E-state index contributed by atoms with van der Waals surface area (Å²) in [5.74, 6) is 0. The third-order valence-corrected chi connectivity index (χ3v) is 1.97. The molecule has 5 nitrogen and oxygen atoms in total. The molecule has 0 spiro atoms. The van der Waals surface area contributed by atoms with Crippen molar-refractivity contribution in [1.29, 1.82) is 0 Å². The van der Waals surface area contributed by atoms with Crippen LogP contribution < -0.4 is 0 Å². The van der Waals surface area contributed by atoms with E-state index in [2.05, 4.69) is 0 Å². The fraction of sp³-hybridized carbons (Fsp3) is 1.00. The molecule has 5 heteroatoms. The van der Waals surface area contributed by atoms with Crippen LogP contribution in [0.1, 0.15) is 6.42 Å². The minimum atomic E-state index is -1.01. The molecule has 1 aliphatic rings. The highest BCUT2D eigenvalue weighted by Gasteiger charge is 2.36. The summed E-state index contributed by atoms with van der Waals surface area (Å²) in [6.45, 7) is -0.271. The topological polar surface area (TPSA) is 79.2 Å². The molecule has 4 atom stereocenters. The zero-order chi connectivity index (χ0) is 9.14. The Morgan fingerprint density at radius 3 is 2.67 bits per heavy atom. The first-order valence-electron chi connectivity index (χ1n) is 3.84. The Bertz CT molecular complexity index is 140. The van der Waals surface area contributed by atoms with Crippen molar-refractivity contribution < 1.29 is 24.8 Å². The number of hydrogen-bond donors (Lipinski definition) is 3. The summed E-state index contributed by atoms with van der Waals surface area (Å²) >= 11 is 0. The molecule has 0 aliphatic carbocycles. The number of hydrogen-bond acceptors (Lipinski definition) is 5. The van der Waals surface area contributed by atoms with E-state index in [9.17, 15) is 5.11 Å². The lowest BCUT2D eigenvalue weighted by Gasteiger charge is -2.35. The van der Waals surface area contributed by atoms with E-state index in [1.807, 2.05) is 0 Å². The van der Waals surface area contributed by atoms with Gasteiger partial charge in [-0.1, -0.05) is 0 Å². The number of aliphatic hydroxyl groups is 3. The van der Waals surface area contributed by atoms with E-state index in [1.54, 1.807) is 0 Å². The Kier molecular flexibility index (Phi) is 3.42. The van der Waals surface area contributed by atoms with Crippen molar-refractivity contribution in [3.8, 4) is 0 Å². The maximum atomic E-state index is 9.36. The molecule has 1 fully saturated rings. The van der Waals surface area contributed by atoms with E-state index in [-0.39, 0.29) is 13.0 Å². The lowest BCUT2D eigenvalue weighted by atomic mass is 10.0. The van der Waals surface area contributed by atoms with Gasteiger partial charge in [-0.3, -0.25) is 0 Å². The lowest BCUT2D eigenvalue weighted by molar-refractivity contribution is -0.244. The predicted molar refractivity (Wildman–Crippen MR) is 39.4 cm³/mol. The third-order valence-electron chi connectivity index (χ3n) is 1.97. The van der Waals surface area contributed by atoms with E-state index in [0.29, 0.717) is 0 Å². The summed E-state index contributed by atoms with van der Waals surface area (Å²) < 4.78 is 9.84. The Balaban J connectivity index is 2.56. The monoisotopic (exact) mass is 178 g/mol. The lowest BCUT2D eigenvalue weighted by Crippen LogP contribution is -2.50. The molecule has 0 saturated carbocycles. The molecule has 1 rings (SSSR count). The van der Waals surface area contributed by atoms with Gasteiger partial charge in [-0.25, -0.2) is 0 Å². The highest BCUT2D eigenvalue weighted by Crippen LogP contribution is 2.20. The minimum absolute atomic E-state index is 0.120. The Morgan fingerprint density at radius 1 is 1.50 bits per heavy atom. The SMILES string of the molecule is COC1C(O)CC(O)OC1CO. The molecule has 1 heterocycles. The Morgan fingerprint density at radius 2 is 2.17 bits per heavy atom. The van der Waals surface area contributed by atoms with Crippen molar-refractivity contribution in [3.05, 3.63) is 0 Å². The van der Waals surface area contributed by atoms with Gasteiger partial charge in [0.2, 0.25) is 0 Å². The molecule has 1 saturated heterocycles. The molecule has 0 radical (unpaired) electrons. The average molecular weight is 178 g/mol. The number of ether oxygens (including phenoxy) is 2. The molecular weight excluding hydrogens is 164 g/mol. The van der Waals surface area contributed by atoms with Crippen LogP contribution in [0.2, 0.25) is 0 Å². The molecule has 0 aromatic rings. The van der Waals surface area contributed by atoms with Gasteiger partial charge in [-0.2, -0.15) is 0 Å². The van der Waals surface area contributed by atoms with Crippen LogP contribution in [0.5, 0.6) is 0 Å². The smallest absolute Gasteiger partial charge is 0.157 e. The van der Waals surface area contributed by atoms with Gasteiger partial charge in [0, 0.05) is 13.5 Å². The van der Waals surface area contributed by atoms with Crippen molar-refractivity contribution in [2.75, 3.05) is 13.7 Å². The Hall–Kier alpha value is -0.200. The maximum absolute atomic E-state index is 9.36. The van der Waals surface area contributed by atoms with Crippen LogP contribution in [-0.4, -0.2) is 53.6 Å². The van der Waals surface area contributed by atoms with Crippen LogP contribution >= 0.6 is 0 Å². The van der Waals surface area contributed by atoms with Gasteiger partial charge in [0.1, 0.15) is 12.2 Å². The highest BCUT2D eigenvalue weighted by atomic mass is 16.6. The molecule has 0 bridgehead atoms. The quantitative estimate of drug-likeness (QED) is 0.477. The molecule has 0 aromatic carbocycles. The van der Waals surface area contributed by atoms with Gasteiger partial charge >= 0.3 is 0 Å². The minimum Gasteiger partial charge on any atom is -0.394 e. The second kappa shape index (κ2) is 4.15. The normalized spacial score (nSPS) is 43.0. The van der Waals surface area contributed by atoms with E-state index in [1.165, 1.54) is 7.11 Å².